The molecule has 1 aromatic heterocycles. The van der Waals surface area contributed by atoms with Crippen LogP contribution < -0.4 is 15.8 Å². The number of anilines is 1. The van der Waals surface area contributed by atoms with Crippen LogP contribution in [-0.4, -0.2) is 41.8 Å². The zero-order valence-electron chi connectivity index (χ0n) is 18.6. The third kappa shape index (κ3) is 4.22. The van der Waals surface area contributed by atoms with Crippen molar-refractivity contribution in [2.45, 2.75) is 37.6 Å². The summed E-state index contributed by atoms with van der Waals surface area (Å²) >= 11 is 0. The fourth-order valence-electron chi connectivity index (χ4n) is 3.83. The van der Waals surface area contributed by atoms with Crippen molar-refractivity contribution in [3.63, 3.8) is 0 Å². The summed E-state index contributed by atoms with van der Waals surface area (Å²) in [7, 11) is 0.978. The number of nitrogens with zero attached hydrogens (tertiary/aromatic N) is 1. The van der Waals surface area contributed by atoms with Gasteiger partial charge in [0.1, 0.15) is 11.8 Å². The van der Waals surface area contributed by atoms with Crippen LogP contribution in [0.2, 0.25) is 0 Å². The number of halogens is 5. The minimum Gasteiger partial charge on any atom is -0.493 e. The number of amides is 2. The largest absolute Gasteiger partial charge is 0.493 e. The van der Waals surface area contributed by atoms with Gasteiger partial charge in [0.15, 0.2) is 17.2 Å². The topological polar surface area (TPSA) is 104 Å². The molecular weight excluding hydrogens is 453 g/mol. The number of nitrogens with two attached hydrogens (primary N) is 1. The lowest BCUT2D eigenvalue weighted by Crippen LogP contribution is -2.47. The summed E-state index contributed by atoms with van der Waals surface area (Å²) in [6, 6.07) is 2.25. The Bertz CT molecular complexity index is 1150. The van der Waals surface area contributed by atoms with Gasteiger partial charge in [0.25, 0.3) is 11.8 Å². The zero-order chi connectivity index (χ0) is 25.6. The number of primary amides is 1. The predicted molar refractivity (Wildman–Crippen MR) is 106 cm³/mol. The van der Waals surface area contributed by atoms with Crippen LogP contribution in [0.25, 0.3) is 0 Å². The van der Waals surface area contributed by atoms with Crippen LogP contribution in [-0.2, 0) is 9.53 Å². The van der Waals surface area contributed by atoms with Crippen molar-refractivity contribution in [1.29, 1.82) is 0 Å². The summed E-state index contributed by atoms with van der Waals surface area (Å²) in [4.78, 5) is 28.1. The number of aromatic nitrogens is 1. The van der Waals surface area contributed by atoms with Gasteiger partial charge in [-0.3, -0.25) is 14.6 Å². The first kappa shape index (κ1) is 22.9. The van der Waals surface area contributed by atoms with E-state index in [-0.39, 0.29) is 16.9 Å². The maximum atomic E-state index is 14.5. The van der Waals surface area contributed by atoms with Gasteiger partial charge in [-0.2, -0.15) is 17.6 Å². The van der Waals surface area contributed by atoms with Crippen molar-refractivity contribution < 1.29 is 42.4 Å². The monoisotopic (exact) mass is 474 g/mol. The van der Waals surface area contributed by atoms with E-state index in [0.29, 0.717) is 0 Å². The van der Waals surface area contributed by atoms with Crippen LogP contribution in [0.5, 0.6) is 5.75 Å². The Morgan fingerprint density at radius 3 is 2.58 bits per heavy atom. The molecule has 0 spiro atoms. The fourth-order valence-corrected chi connectivity index (χ4v) is 3.83. The fraction of sp³-hybridized carbons (Fsp3) is 0.381. The molecule has 0 unspecified atom stereocenters. The van der Waals surface area contributed by atoms with E-state index in [1.54, 1.807) is 0 Å². The van der Waals surface area contributed by atoms with Gasteiger partial charge in [-0.25, -0.2) is 4.39 Å². The first-order valence-electron chi connectivity index (χ1n) is 10.1. The Kier molecular flexibility index (Phi) is 5.95. The van der Waals surface area contributed by atoms with Crippen molar-refractivity contribution in [2.75, 3.05) is 12.4 Å². The average Bonchev–Trinajstić information content (AvgIpc) is 3.04. The molecule has 33 heavy (non-hydrogen) atoms. The van der Waals surface area contributed by atoms with E-state index >= 15 is 0 Å². The molecule has 3 N–H and O–H groups in total. The van der Waals surface area contributed by atoms with Gasteiger partial charge in [0.2, 0.25) is 5.82 Å². The third-order valence-electron chi connectivity index (χ3n) is 5.78. The Balaban J connectivity index is 2.12. The minimum atomic E-state index is -4.94. The van der Waals surface area contributed by atoms with E-state index in [0.717, 1.165) is 39.3 Å². The first-order chi connectivity index (χ1) is 15.7. The molecule has 12 heteroatoms. The highest BCUT2D eigenvalue weighted by Crippen LogP contribution is 2.55. The lowest BCUT2D eigenvalue weighted by molar-refractivity contribution is -0.272. The molecule has 4 atom stereocenters. The molecule has 0 saturated carbocycles. The Morgan fingerprint density at radius 1 is 1.33 bits per heavy atom. The number of nitrogens with one attached hydrogen (secondary N) is 1. The number of ether oxygens (including phenoxy) is 2. The van der Waals surface area contributed by atoms with Gasteiger partial charge in [0.05, 0.1) is 8.48 Å². The molecule has 178 valence electrons. The van der Waals surface area contributed by atoms with Crippen LogP contribution in [0, 0.1) is 17.6 Å². The molecule has 2 aromatic rings. The van der Waals surface area contributed by atoms with E-state index in [4.69, 9.17) is 16.6 Å². The van der Waals surface area contributed by atoms with Crippen LogP contribution in [0.15, 0.2) is 30.4 Å². The number of alkyl halides is 3. The standard InChI is InChI=1S/C21H20F5N3O4/c1-9-14(11-4-5-12(22)15(23)16(11)32-3)17(33-20(9,2)21(24,25)26)19(31)29-10-6-7-28-13(8-10)18(27)30/h4-9,14,17H,1-3H3,(H2,27,30)(H,28,29,31)/t9-,14+,17-,20-/m0/s1/i5D. The van der Waals surface area contributed by atoms with Crippen molar-refractivity contribution in [2.24, 2.45) is 11.7 Å². The number of hydrogen-bond acceptors (Lipinski definition) is 5. The maximum Gasteiger partial charge on any atom is 0.417 e. The van der Waals surface area contributed by atoms with E-state index in [2.05, 4.69) is 10.3 Å². The molecule has 3 rings (SSSR count). The number of pyridine rings is 1. The molecule has 2 amide bonds. The lowest BCUT2D eigenvalue weighted by Gasteiger charge is -2.32. The molecule has 1 aliphatic rings. The van der Waals surface area contributed by atoms with Crippen molar-refractivity contribution in [3.8, 4) is 5.75 Å². The second-order valence-electron chi connectivity index (χ2n) is 7.65. The van der Waals surface area contributed by atoms with Gasteiger partial charge in [-0.05, 0) is 25.1 Å². The molecule has 1 aromatic carbocycles. The zero-order valence-corrected chi connectivity index (χ0v) is 17.6. The highest BCUT2D eigenvalue weighted by atomic mass is 19.4. The SMILES string of the molecule is [2H]c1cc([C@@H]2[C@@H](C(=O)Nc3ccnc(C(N)=O)c3)O[C@](C)(C(F)(F)F)[C@H]2C)c(OC)c(F)c1F. The normalized spacial score (nSPS) is 25.5. The lowest BCUT2D eigenvalue weighted by atomic mass is 9.77. The van der Waals surface area contributed by atoms with Gasteiger partial charge in [-0.15, -0.1) is 0 Å². The minimum absolute atomic E-state index is 0.0113. The highest BCUT2D eigenvalue weighted by Gasteiger charge is 2.65. The van der Waals surface area contributed by atoms with Crippen molar-refractivity contribution in [1.82, 2.24) is 4.98 Å². The molecule has 0 bridgehead atoms. The second-order valence-corrected chi connectivity index (χ2v) is 7.65. The number of benzene rings is 1. The van der Waals surface area contributed by atoms with Gasteiger partial charge in [-0.1, -0.05) is 13.0 Å². The number of carbonyl (C=O) groups is 2. The number of hydrogen-bond donors (Lipinski definition) is 2. The summed E-state index contributed by atoms with van der Waals surface area (Å²) in [6.45, 7) is 1.89. The van der Waals surface area contributed by atoms with E-state index in [1.807, 2.05) is 0 Å². The summed E-state index contributed by atoms with van der Waals surface area (Å²) in [6.07, 6.45) is -5.65. The average molecular weight is 474 g/mol. The van der Waals surface area contributed by atoms with Crippen molar-refractivity contribution in [3.05, 3.63) is 53.3 Å². The van der Waals surface area contributed by atoms with Gasteiger partial charge < -0.3 is 20.5 Å². The van der Waals surface area contributed by atoms with Crippen molar-refractivity contribution >= 4 is 17.5 Å². The Hall–Kier alpha value is -3.28. The van der Waals surface area contributed by atoms with Crippen LogP contribution in [0.3, 0.4) is 0 Å². The Morgan fingerprint density at radius 2 is 2.00 bits per heavy atom. The molecule has 0 radical (unpaired) electrons. The van der Waals surface area contributed by atoms with Crippen LogP contribution in [0.4, 0.5) is 27.6 Å². The molecule has 7 nitrogen and oxygen atoms in total. The van der Waals surface area contributed by atoms with E-state index < -0.39 is 65.0 Å². The molecule has 0 aliphatic carbocycles. The van der Waals surface area contributed by atoms with Gasteiger partial charge >= 0.3 is 6.18 Å². The number of rotatable bonds is 5. The number of methoxy groups -OCH3 is 1. The Labute approximate surface area is 186 Å². The maximum absolute atomic E-state index is 14.5. The first-order valence-corrected chi connectivity index (χ1v) is 9.56. The van der Waals surface area contributed by atoms with E-state index in [9.17, 15) is 31.5 Å². The number of carbonyl (C=O) groups excluding carboxylic acids is 2. The molecule has 2 heterocycles. The van der Waals surface area contributed by atoms with E-state index in [1.165, 1.54) is 6.07 Å². The van der Waals surface area contributed by atoms with Gasteiger partial charge in [0, 0.05) is 29.3 Å². The molecule has 1 aliphatic heterocycles. The molecule has 1 saturated heterocycles. The summed E-state index contributed by atoms with van der Waals surface area (Å²) in [5, 5.41) is 2.33. The molecular formula is C21H20F5N3O4. The summed E-state index contributed by atoms with van der Waals surface area (Å²) in [5.74, 6) is -8.81. The summed E-state index contributed by atoms with van der Waals surface area (Å²) < 4.78 is 88.2. The summed E-state index contributed by atoms with van der Waals surface area (Å²) in [5.41, 5.74) is 1.74. The smallest absolute Gasteiger partial charge is 0.417 e. The second kappa shape index (κ2) is 8.58. The quantitative estimate of drug-likeness (QED) is 0.646. The van der Waals surface area contributed by atoms with Crippen LogP contribution in [0.1, 0.15) is 37.2 Å². The molecule has 1 fully saturated rings. The van der Waals surface area contributed by atoms with Crippen LogP contribution >= 0.6 is 0 Å². The predicted octanol–water partition coefficient (Wildman–Crippen LogP) is 3.55. The highest BCUT2D eigenvalue weighted by molar-refractivity contribution is 5.97. The third-order valence-corrected chi connectivity index (χ3v) is 5.78.